The third-order valence-electron chi connectivity index (χ3n) is 5.42. The summed E-state index contributed by atoms with van der Waals surface area (Å²) in [5, 5.41) is 6.06. The number of nitrogens with zero attached hydrogens (tertiary/aromatic N) is 6. The number of hydrogen-bond donors (Lipinski definition) is 1. The third kappa shape index (κ3) is 5.11. The van der Waals surface area contributed by atoms with Crippen molar-refractivity contribution in [1.82, 2.24) is 24.6 Å². The highest BCUT2D eigenvalue weighted by atomic mass is 35.5. The second kappa shape index (κ2) is 10.1. The van der Waals surface area contributed by atoms with E-state index in [0.29, 0.717) is 51.2 Å². The summed E-state index contributed by atoms with van der Waals surface area (Å²) in [5.41, 5.74) is 9.50. The van der Waals surface area contributed by atoms with Gasteiger partial charge >= 0.3 is 0 Å². The van der Waals surface area contributed by atoms with Crippen LogP contribution in [0.2, 0.25) is 5.02 Å². The molecule has 35 heavy (non-hydrogen) atoms. The number of carbonyl (C=O) groups excluding carboxylic acids is 1. The molecule has 0 saturated heterocycles. The first-order chi connectivity index (χ1) is 16.8. The Morgan fingerprint density at radius 2 is 1.89 bits per heavy atom. The van der Waals surface area contributed by atoms with Crippen molar-refractivity contribution in [2.45, 2.75) is 0 Å². The molecule has 4 aromatic rings. The highest BCUT2D eigenvalue weighted by molar-refractivity contribution is 6.30. The van der Waals surface area contributed by atoms with Gasteiger partial charge in [0.1, 0.15) is 23.6 Å². The topological polar surface area (TPSA) is 102 Å². The molecule has 2 aromatic carbocycles. The summed E-state index contributed by atoms with van der Waals surface area (Å²) in [4.78, 5) is 24.9. The van der Waals surface area contributed by atoms with E-state index in [1.54, 1.807) is 48.0 Å². The Hall–Kier alpha value is -3.95. The fraction of sp³-hybridized carbons (Fsp3) is 0.200. The van der Waals surface area contributed by atoms with E-state index in [9.17, 15) is 4.79 Å². The van der Waals surface area contributed by atoms with Gasteiger partial charge in [0.05, 0.1) is 18.2 Å². The number of ether oxygens (including phenoxy) is 1. The van der Waals surface area contributed by atoms with Gasteiger partial charge in [-0.05, 0) is 32.3 Å². The smallest absolute Gasteiger partial charge is 0.250 e. The van der Waals surface area contributed by atoms with Crippen molar-refractivity contribution in [3.05, 3.63) is 66.0 Å². The zero-order valence-electron chi connectivity index (χ0n) is 19.9. The van der Waals surface area contributed by atoms with Crippen LogP contribution in [0.15, 0.2) is 60.9 Å². The van der Waals surface area contributed by atoms with Crippen molar-refractivity contribution in [3.63, 3.8) is 0 Å². The predicted octanol–water partition coefficient (Wildman–Crippen LogP) is 3.81. The summed E-state index contributed by atoms with van der Waals surface area (Å²) >= 11 is 6.07. The maximum absolute atomic E-state index is 12.8. The molecule has 0 aliphatic rings. The highest BCUT2D eigenvalue weighted by Crippen LogP contribution is 2.34. The van der Waals surface area contributed by atoms with Crippen LogP contribution in [0.25, 0.3) is 28.0 Å². The first-order valence-corrected chi connectivity index (χ1v) is 11.2. The molecule has 1 amide bonds. The van der Waals surface area contributed by atoms with Gasteiger partial charge < -0.3 is 20.3 Å². The lowest BCUT2D eigenvalue weighted by Crippen LogP contribution is -2.24. The molecule has 2 N–H and O–H groups in total. The molecular weight excluding hydrogens is 466 g/mol. The van der Waals surface area contributed by atoms with Crippen molar-refractivity contribution in [2.75, 3.05) is 45.4 Å². The van der Waals surface area contributed by atoms with Crippen LogP contribution in [0.3, 0.4) is 0 Å². The molecular formula is C25H26ClN7O2. The van der Waals surface area contributed by atoms with Crippen LogP contribution in [-0.4, -0.2) is 65.4 Å². The number of halogens is 1. The van der Waals surface area contributed by atoms with Gasteiger partial charge in [-0.25, -0.2) is 14.6 Å². The largest absolute Gasteiger partial charge is 0.497 e. The summed E-state index contributed by atoms with van der Waals surface area (Å²) in [7, 11) is 7.16. The van der Waals surface area contributed by atoms with Crippen LogP contribution in [0, 0.1) is 0 Å². The Bertz CT molecular complexity index is 1400. The molecule has 0 aliphatic carbocycles. The Balaban J connectivity index is 1.83. The van der Waals surface area contributed by atoms with Crippen molar-refractivity contribution in [2.24, 2.45) is 0 Å². The number of nitrogens with two attached hydrogens (primary N) is 1. The normalized spacial score (nSPS) is 11.5. The van der Waals surface area contributed by atoms with Crippen LogP contribution in [0.4, 0.5) is 11.5 Å². The Labute approximate surface area is 208 Å². The fourth-order valence-corrected chi connectivity index (χ4v) is 3.70. The number of amides is 1. The average Bonchev–Trinajstić information content (AvgIpc) is 3.24. The lowest BCUT2D eigenvalue weighted by atomic mass is 10.1. The minimum absolute atomic E-state index is 0.162. The number of rotatable bonds is 7. The molecule has 2 aromatic heterocycles. The van der Waals surface area contributed by atoms with Crippen molar-refractivity contribution in [3.8, 4) is 22.7 Å². The Morgan fingerprint density at radius 1 is 1.14 bits per heavy atom. The van der Waals surface area contributed by atoms with Crippen LogP contribution < -0.4 is 15.4 Å². The fourth-order valence-electron chi connectivity index (χ4n) is 3.57. The maximum atomic E-state index is 12.8. The van der Waals surface area contributed by atoms with E-state index in [4.69, 9.17) is 27.2 Å². The predicted molar refractivity (Wildman–Crippen MR) is 139 cm³/mol. The van der Waals surface area contributed by atoms with Gasteiger partial charge in [0.2, 0.25) is 5.91 Å². The molecule has 0 spiro atoms. The van der Waals surface area contributed by atoms with Crippen LogP contribution >= 0.6 is 11.6 Å². The second-order valence-electron chi connectivity index (χ2n) is 8.18. The molecule has 0 fully saturated rings. The summed E-state index contributed by atoms with van der Waals surface area (Å²) in [6.45, 7) is 0.664. The minimum Gasteiger partial charge on any atom is -0.497 e. The van der Waals surface area contributed by atoms with Gasteiger partial charge in [-0.1, -0.05) is 29.8 Å². The Morgan fingerprint density at radius 3 is 2.57 bits per heavy atom. The number of aromatic nitrogens is 4. The summed E-state index contributed by atoms with van der Waals surface area (Å²) < 4.78 is 7.19. The van der Waals surface area contributed by atoms with Gasteiger partial charge in [0.25, 0.3) is 0 Å². The van der Waals surface area contributed by atoms with Gasteiger partial charge in [-0.15, -0.1) is 0 Å². The van der Waals surface area contributed by atoms with E-state index >= 15 is 0 Å². The van der Waals surface area contributed by atoms with Crippen molar-refractivity contribution >= 4 is 40.0 Å². The number of likely N-dealkylation sites (N-methyl/N-ethyl adjacent to an activating group) is 2. The van der Waals surface area contributed by atoms with E-state index in [2.05, 4.69) is 9.97 Å². The number of fused-ring (bicyclic) bond motifs is 1. The second-order valence-corrected chi connectivity index (χ2v) is 8.61. The van der Waals surface area contributed by atoms with E-state index < -0.39 is 0 Å². The SMILES string of the molecule is COc1cc(N(C)C(=O)C=CCN(C)C)cc(-n2nc(-c3ccc(Cl)cc3)c3c(N)ncnc32)c1. The van der Waals surface area contributed by atoms with Gasteiger partial charge in [-0.2, -0.15) is 5.10 Å². The Kier molecular flexibility index (Phi) is 6.99. The molecule has 9 nitrogen and oxygen atoms in total. The lowest BCUT2D eigenvalue weighted by Gasteiger charge is -2.18. The van der Waals surface area contributed by atoms with E-state index in [1.165, 1.54) is 6.33 Å². The molecule has 0 aliphatic heterocycles. The number of benzene rings is 2. The van der Waals surface area contributed by atoms with Crippen LogP contribution in [0.5, 0.6) is 5.75 Å². The molecule has 0 bridgehead atoms. The average molecular weight is 492 g/mol. The number of anilines is 2. The van der Waals surface area contributed by atoms with Crippen molar-refractivity contribution in [1.29, 1.82) is 0 Å². The molecule has 4 rings (SSSR count). The summed E-state index contributed by atoms with van der Waals surface area (Å²) in [5.74, 6) is 0.714. The summed E-state index contributed by atoms with van der Waals surface area (Å²) in [6.07, 6.45) is 4.77. The maximum Gasteiger partial charge on any atom is 0.250 e. The first-order valence-electron chi connectivity index (χ1n) is 10.8. The zero-order chi connectivity index (χ0) is 25.1. The van der Waals surface area contributed by atoms with Gasteiger partial charge in [-0.3, -0.25) is 4.79 Å². The van der Waals surface area contributed by atoms with Crippen LogP contribution in [0.1, 0.15) is 0 Å². The highest BCUT2D eigenvalue weighted by Gasteiger charge is 2.20. The number of methoxy groups -OCH3 is 1. The molecule has 0 radical (unpaired) electrons. The lowest BCUT2D eigenvalue weighted by molar-refractivity contribution is -0.113. The first kappa shape index (κ1) is 24.2. The van der Waals surface area contributed by atoms with E-state index in [0.717, 1.165) is 5.56 Å². The molecule has 10 heteroatoms. The molecule has 0 unspecified atom stereocenters. The third-order valence-corrected chi connectivity index (χ3v) is 5.67. The van der Waals surface area contributed by atoms with E-state index in [-0.39, 0.29) is 5.91 Å². The minimum atomic E-state index is -0.162. The zero-order valence-corrected chi connectivity index (χ0v) is 20.7. The standard InChI is InChI=1S/C25H26ClN7O2/c1-31(2)11-5-6-21(34)32(3)18-12-19(14-20(13-18)35-4)33-25-22(24(27)28-15-29-25)23(30-33)16-7-9-17(26)10-8-16/h5-10,12-15H,11H2,1-4H3,(H2,27,28,29). The molecule has 0 atom stereocenters. The molecule has 180 valence electrons. The molecule has 0 saturated carbocycles. The van der Waals surface area contributed by atoms with E-state index in [1.807, 2.05) is 49.3 Å². The van der Waals surface area contributed by atoms with Crippen molar-refractivity contribution < 1.29 is 9.53 Å². The molecule has 2 heterocycles. The number of hydrogen-bond acceptors (Lipinski definition) is 7. The number of carbonyl (C=O) groups is 1. The monoisotopic (exact) mass is 491 g/mol. The quantitative estimate of drug-likeness (QED) is 0.392. The number of nitrogen functional groups attached to an aromatic ring is 1. The van der Waals surface area contributed by atoms with Crippen LogP contribution in [-0.2, 0) is 4.79 Å². The van der Waals surface area contributed by atoms with Gasteiger partial charge in [0, 0.05) is 48.1 Å². The summed E-state index contributed by atoms with van der Waals surface area (Å²) in [6, 6.07) is 12.8. The van der Waals surface area contributed by atoms with Gasteiger partial charge in [0.15, 0.2) is 5.65 Å².